The number of ketones is 1. The van der Waals surface area contributed by atoms with E-state index in [0.29, 0.717) is 11.1 Å². The van der Waals surface area contributed by atoms with Crippen LogP contribution < -0.4 is 10.1 Å². The molecular formula is C26H25F3N2O5. The number of aryl methyl sites for hydroxylation is 1. The maximum atomic E-state index is 15.0. The summed E-state index contributed by atoms with van der Waals surface area (Å²) in [6, 6.07) is 5.14. The van der Waals surface area contributed by atoms with Crippen molar-refractivity contribution < 1.29 is 38.5 Å². The number of ether oxygens (including phenoxy) is 1. The van der Waals surface area contributed by atoms with Gasteiger partial charge in [-0.05, 0) is 56.0 Å². The molecular weight excluding hydrogens is 477 g/mol. The van der Waals surface area contributed by atoms with Gasteiger partial charge < -0.3 is 9.64 Å². The molecule has 36 heavy (non-hydrogen) atoms. The minimum atomic E-state index is -3.91. The van der Waals surface area contributed by atoms with E-state index in [-0.39, 0.29) is 31.4 Å². The van der Waals surface area contributed by atoms with E-state index < -0.39 is 65.1 Å². The lowest BCUT2D eigenvalue weighted by molar-refractivity contribution is -0.144. The molecule has 2 heterocycles. The molecule has 0 spiro atoms. The Balaban J connectivity index is 1.48. The van der Waals surface area contributed by atoms with E-state index in [2.05, 4.69) is 5.32 Å². The molecule has 2 aromatic rings. The molecule has 190 valence electrons. The third-order valence-corrected chi connectivity index (χ3v) is 6.04. The van der Waals surface area contributed by atoms with Gasteiger partial charge in [-0.3, -0.25) is 24.5 Å². The lowest BCUT2D eigenvalue weighted by atomic mass is 9.97. The molecule has 1 atom stereocenters. The van der Waals surface area contributed by atoms with Crippen molar-refractivity contribution in [1.29, 1.82) is 0 Å². The van der Waals surface area contributed by atoms with E-state index in [1.807, 2.05) is 0 Å². The van der Waals surface area contributed by atoms with Crippen LogP contribution >= 0.6 is 0 Å². The highest BCUT2D eigenvalue weighted by Crippen LogP contribution is 2.38. The van der Waals surface area contributed by atoms with Crippen molar-refractivity contribution in [3.05, 3.63) is 64.5 Å². The van der Waals surface area contributed by atoms with Crippen molar-refractivity contribution in [3.63, 3.8) is 0 Å². The largest absolute Gasteiger partial charge is 0.490 e. The van der Waals surface area contributed by atoms with Gasteiger partial charge in [0.2, 0.25) is 17.6 Å². The first-order valence-electron chi connectivity index (χ1n) is 12.0. The third-order valence-electron chi connectivity index (χ3n) is 6.04. The zero-order chi connectivity index (χ0) is 27.1. The van der Waals surface area contributed by atoms with Gasteiger partial charge in [0, 0.05) is 31.0 Å². The topological polar surface area (TPSA) is 92.8 Å². The van der Waals surface area contributed by atoms with Crippen LogP contribution in [0.1, 0.15) is 61.5 Å². The number of amides is 3. The Morgan fingerprint density at radius 3 is 2.67 bits per heavy atom. The quantitative estimate of drug-likeness (QED) is 0.555. The van der Waals surface area contributed by atoms with Crippen molar-refractivity contribution in [3.8, 4) is 5.75 Å². The number of rotatable bonds is 8. The summed E-state index contributed by atoms with van der Waals surface area (Å²) < 4.78 is 57.5. The first-order chi connectivity index (χ1) is 17.3. The molecule has 0 aromatic heterocycles. The van der Waals surface area contributed by atoms with E-state index in [1.54, 1.807) is 19.9 Å². The normalized spacial score (nSPS) is 20.3. The fourth-order valence-electron chi connectivity index (χ4n) is 4.28. The Bertz CT molecular complexity index is 1300. The Morgan fingerprint density at radius 1 is 1.22 bits per heavy atom. The summed E-state index contributed by atoms with van der Waals surface area (Å²) >= 11 is 0. The number of fused-ring (bicyclic) bond motifs is 1. The van der Waals surface area contributed by atoms with Crippen molar-refractivity contribution >= 4 is 23.5 Å². The van der Waals surface area contributed by atoms with E-state index in [9.17, 15) is 23.6 Å². The summed E-state index contributed by atoms with van der Waals surface area (Å²) in [7, 11) is 0. The predicted molar refractivity (Wildman–Crippen MR) is 122 cm³/mol. The molecule has 3 amide bonds. The zero-order valence-electron chi connectivity index (χ0n) is 20.7. The molecule has 2 aromatic carbocycles. The lowest BCUT2D eigenvalue weighted by Gasteiger charge is -2.29. The molecule has 0 radical (unpaired) electrons. The smallest absolute Gasteiger partial charge is 0.334 e. The molecule has 2 aliphatic rings. The van der Waals surface area contributed by atoms with Crippen molar-refractivity contribution in [2.75, 3.05) is 0 Å². The number of hydrogen-bond acceptors (Lipinski definition) is 5. The van der Waals surface area contributed by atoms with Crippen LogP contribution in [0.25, 0.3) is 0 Å². The average molecular weight is 503 g/mol. The van der Waals surface area contributed by atoms with Crippen molar-refractivity contribution in [2.24, 2.45) is 0 Å². The zero-order valence-corrected chi connectivity index (χ0v) is 19.7. The number of carbonyl (C=O) groups excluding carboxylic acids is 4. The number of benzene rings is 2. The van der Waals surface area contributed by atoms with Crippen molar-refractivity contribution in [2.45, 2.75) is 64.1 Å². The van der Waals surface area contributed by atoms with Gasteiger partial charge >= 0.3 is 5.92 Å². The number of alkyl halides is 2. The molecule has 2 aliphatic heterocycles. The number of halogens is 3. The van der Waals surface area contributed by atoms with Gasteiger partial charge in [0.15, 0.2) is 0 Å². The first kappa shape index (κ1) is 24.0. The second-order valence-corrected chi connectivity index (χ2v) is 9.01. The summed E-state index contributed by atoms with van der Waals surface area (Å²) in [4.78, 5) is 50.3. The third kappa shape index (κ3) is 4.98. The highest BCUT2D eigenvalue weighted by Gasteiger charge is 2.43. The molecule has 1 N–H and O–H groups in total. The number of imide groups is 1. The van der Waals surface area contributed by atoms with Crippen LogP contribution in [0.2, 0.25) is 0 Å². The average Bonchev–Trinajstić information content (AvgIpc) is 3.16. The van der Waals surface area contributed by atoms with E-state index in [0.717, 1.165) is 23.1 Å². The maximum Gasteiger partial charge on any atom is 0.334 e. The summed E-state index contributed by atoms with van der Waals surface area (Å²) in [5.41, 5.74) is 0.549. The molecule has 0 unspecified atom stereocenters. The Labute approximate surface area is 207 Å². The Kier molecular flexibility index (Phi) is 6.51. The van der Waals surface area contributed by atoms with Crippen LogP contribution in [-0.4, -0.2) is 40.5 Å². The molecule has 0 saturated carbocycles. The first-order valence-corrected chi connectivity index (χ1v) is 11.5. The molecule has 0 bridgehead atoms. The van der Waals surface area contributed by atoms with Crippen LogP contribution in [0.5, 0.6) is 5.75 Å². The SMILES string of the molecule is [2H][C@]1(N2Cc3cc(CCC(=O)C(F)(F)c4ccc(F)cc4OC(C)C)ccc3C2=O)CCC(=O)NC1=O. The van der Waals surface area contributed by atoms with Gasteiger partial charge in [-0.2, -0.15) is 8.78 Å². The van der Waals surface area contributed by atoms with Crippen LogP contribution in [0.3, 0.4) is 0 Å². The van der Waals surface area contributed by atoms with Gasteiger partial charge in [0.1, 0.15) is 17.6 Å². The number of hydrogen-bond donors (Lipinski definition) is 1. The summed E-state index contributed by atoms with van der Waals surface area (Å²) in [5.74, 6) is -8.38. The van der Waals surface area contributed by atoms with E-state index >= 15 is 8.78 Å². The van der Waals surface area contributed by atoms with Crippen LogP contribution in [0.15, 0.2) is 36.4 Å². The maximum absolute atomic E-state index is 15.0. The lowest BCUT2D eigenvalue weighted by Crippen LogP contribution is -2.52. The van der Waals surface area contributed by atoms with Gasteiger partial charge in [-0.15, -0.1) is 0 Å². The van der Waals surface area contributed by atoms with Crippen LogP contribution in [-0.2, 0) is 33.3 Å². The highest BCUT2D eigenvalue weighted by atomic mass is 19.3. The molecule has 7 nitrogen and oxygen atoms in total. The van der Waals surface area contributed by atoms with Gasteiger partial charge in [0.05, 0.1) is 13.0 Å². The van der Waals surface area contributed by atoms with E-state index in [4.69, 9.17) is 6.11 Å². The molecule has 0 aliphatic carbocycles. The predicted octanol–water partition coefficient (Wildman–Crippen LogP) is 3.67. The summed E-state index contributed by atoms with van der Waals surface area (Å²) in [6.45, 7) is 3.12. The van der Waals surface area contributed by atoms with Crippen LogP contribution in [0.4, 0.5) is 13.2 Å². The van der Waals surface area contributed by atoms with Gasteiger partial charge in [0.25, 0.3) is 5.91 Å². The van der Waals surface area contributed by atoms with Crippen molar-refractivity contribution in [1.82, 2.24) is 10.2 Å². The Hall–Kier alpha value is -3.69. The van der Waals surface area contributed by atoms with Crippen LogP contribution in [0, 0.1) is 5.82 Å². The second kappa shape index (κ2) is 9.75. The number of Topliss-reactive ketones (excluding diaryl/α,β-unsaturated/α-hetero) is 1. The fourth-order valence-corrected chi connectivity index (χ4v) is 4.28. The molecule has 1 fully saturated rings. The van der Waals surface area contributed by atoms with Gasteiger partial charge in [-0.1, -0.05) is 12.1 Å². The second-order valence-electron chi connectivity index (χ2n) is 9.01. The molecule has 4 rings (SSSR count). The molecule has 10 heteroatoms. The van der Waals surface area contributed by atoms with Gasteiger partial charge in [-0.25, -0.2) is 4.39 Å². The highest BCUT2D eigenvalue weighted by molar-refractivity contribution is 6.05. The summed E-state index contributed by atoms with van der Waals surface area (Å²) in [5, 5.41) is 2.09. The number of nitrogens with zero attached hydrogens (tertiary/aromatic N) is 1. The number of piperidine rings is 1. The molecule has 1 saturated heterocycles. The monoisotopic (exact) mass is 503 g/mol. The van der Waals surface area contributed by atoms with E-state index in [1.165, 1.54) is 12.1 Å². The minimum absolute atomic E-state index is 0.0571. The summed E-state index contributed by atoms with van der Waals surface area (Å²) in [6.07, 6.45) is -1.31. The standard InChI is InChI=1S/C26H25F3N2O5/c1-14(2)36-21-12-17(27)5-7-19(21)26(28,29)22(32)9-4-15-3-6-18-16(11-15)13-31(25(18)35)20-8-10-23(33)30-24(20)34/h3,5-7,11-12,14,20H,4,8-10,13H2,1-2H3,(H,30,33,34)/t20-/m0/s1/i20D. The minimum Gasteiger partial charge on any atom is -0.490 e. The fraction of sp³-hybridized carbons (Fsp3) is 0.385. The Morgan fingerprint density at radius 2 is 1.97 bits per heavy atom. The number of carbonyl (C=O) groups is 4. The number of nitrogens with one attached hydrogen (secondary N) is 1.